The Morgan fingerprint density at radius 1 is 0.955 bits per heavy atom. The second-order valence-electron chi connectivity index (χ2n) is 5.77. The average molecular weight is 291 g/mol. The standard InChI is InChI=1S/C19H21N3/c1-22(2)13-5-11-21-19-17-7-4-3-6-15(17)8-9-16-10-12-20-14-18(16)19/h3-4,6-10,12,14H,5,11,13H2,1-2H3. The topological polar surface area (TPSA) is 28.5 Å². The van der Waals surface area contributed by atoms with Crippen molar-refractivity contribution in [3.05, 3.63) is 60.2 Å². The molecule has 3 nitrogen and oxygen atoms in total. The Kier molecular flexibility index (Phi) is 4.45. The van der Waals surface area contributed by atoms with Crippen molar-refractivity contribution in [1.82, 2.24) is 9.88 Å². The molecule has 1 aromatic heterocycles. The summed E-state index contributed by atoms with van der Waals surface area (Å²) in [7, 11) is 4.19. The van der Waals surface area contributed by atoms with E-state index in [1.807, 2.05) is 18.5 Å². The van der Waals surface area contributed by atoms with E-state index in [9.17, 15) is 0 Å². The lowest BCUT2D eigenvalue weighted by molar-refractivity contribution is 0.403. The van der Waals surface area contributed by atoms with E-state index in [0.717, 1.165) is 30.3 Å². The first-order valence-corrected chi connectivity index (χ1v) is 7.67. The van der Waals surface area contributed by atoms with Gasteiger partial charge in [0.25, 0.3) is 0 Å². The molecule has 0 aliphatic rings. The molecule has 0 N–H and O–H groups in total. The summed E-state index contributed by atoms with van der Waals surface area (Å²) >= 11 is 0. The zero-order valence-corrected chi connectivity index (χ0v) is 13.2. The monoisotopic (exact) mass is 291 g/mol. The van der Waals surface area contributed by atoms with Gasteiger partial charge in [0.15, 0.2) is 0 Å². The molecule has 0 atom stereocenters. The molecule has 0 fully saturated rings. The molecule has 0 aliphatic heterocycles. The fourth-order valence-corrected chi connectivity index (χ4v) is 2.68. The molecule has 0 saturated carbocycles. The first-order valence-electron chi connectivity index (χ1n) is 7.67. The van der Waals surface area contributed by atoms with Gasteiger partial charge in [-0.1, -0.05) is 36.4 Å². The van der Waals surface area contributed by atoms with Crippen molar-refractivity contribution in [2.75, 3.05) is 27.2 Å². The highest BCUT2D eigenvalue weighted by Gasteiger charge is 2.00. The van der Waals surface area contributed by atoms with Crippen LogP contribution in [0.15, 0.2) is 59.9 Å². The van der Waals surface area contributed by atoms with Crippen molar-refractivity contribution in [3.8, 4) is 0 Å². The number of hydrogen-bond acceptors (Lipinski definition) is 3. The molecule has 3 rings (SSSR count). The lowest BCUT2D eigenvalue weighted by Crippen LogP contribution is -2.14. The second-order valence-corrected chi connectivity index (χ2v) is 5.77. The van der Waals surface area contributed by atoms with E-state index in [-0.39, 0.29) is 0 Å². The van der Waals surface area contributed by atoms with Crippen LogP contribution < -0.4 is 5.36 Å². The minimum absolute atomic E-state index is 0.830. The molecule has 0 bridgehead atoms. The van der Waals surface area contributed by atoms with Crippen molar-refractivity contribution < 1.29 is 0 Å². The summed E-state index contributed by atoms with van der Waals surface area (Å²) in [6, 6.07) is 14.8. The highest BCUT2D eigenvalue weighted by molar-refractivity contribution is 5.92. The van der Waals surface area contributed by atoms with Crippen LogP contribution in [0.4, 0.5) is 0 Å². The Morgan fingerprint density at radius 3 is 2.55 bits per heavy atom. The zero-order valence-electron chi connectivity index (χ0n) is 13.2. The Balaban J connectivity index is 2.21. The number of benzene rings is 1. The van der Waals surface area contributed by atoms with E-state index < -0.39 is 0 Å². The van der Waals surface area contributed by atoms with Gasteiger partial charge in [0.05, 0.1) is 5.36 Å². The molecule has 3 heteroatoms. The fraction of sp³-hybridized carbons (Fsp3) is 0.263. The summed E-state index contributed by atoms with van der Waals surface area (Å²) in [6.07, 6.45) is 4.82. The van der Waals surface area contributed by atoms with Crippen LogP contribution in [-0.4, -0.2) is 37.1 Å². The molecule has 0 amide bonds. The summed E-state index contributed by atoms with van der Waals surface area (Å²) in [5.41, 5.74) is 0. The molecular weight excluding hydrogens is 270 g/mol. The Hall–Kier alpha value is -2.26. The van der Waals surface area contributed by atoms with Crippen molar-refractivity contribution in [1.29, 1.82) is 0 Å². The number of pyridine rings is 1. The molecule has 3 aromatic rings. The molecule has 0 unspecified atom stereocenters. The minimum Gasteiger partial charge on any atom is -0.309 e. The highest BCUT2D eigenvalue weighted by Crippen LogP contribution is 2.14. The van der Waals surface area contributed by atoms with Gasteiger partial charge in [-0.3, -0.25) is 9.98 Å². The van der Waals surface area contributed by atoms with Gasteiger partial charge in [-0.05, 0) is 43.9 Å². The largest absolute Gasteiger partial charge is 0.309 e. The third kappa shape index (κ3) is 3.15. The van der Waals surface area contributed by atoms with Crippen molar-refractivity contribution in [2.45, 2.75) is 6.42 Å². The first kappa shape index (κ1) is 14.7. The molecule has 0 radical (unpaired) electrons. The fourth-order valence-electron chi connectivity index (χ4n) is 2.68. The van der Waals surface area contributed by atoms with Gasteiger partial charge in [0, 0.05) is 29.7 Å². The lowest BCUT2D eigenvalue weighted by Gasteiger charge is -2.06. The summed E-state index contributed by atoms with van der Waals surface area (Å²) < 4.78 is 0. The van der Waals surface area contributed by atoms with Gasteiger partial charge in [-0.25, -0.2) is 0 Å². The molecule has 112 valence electrons. The van der Waals surface area contributed by atoms with E-state index >= 15 is 0 Å². The van der Waals surface area contributed by atoms with E-state index in [1.54, 1.807) is 0 Å². The summed E-state index contributed by atoms with van der Waals surface area (Å²) in [5, 5.41) is 5.76. The Labute approximate surface area is 131 Å². The van der Waals surface area contributed by atoms with Crippen LogP contribution in [0.1, 0.15) is 6.42 Å². The third-order valence-electron chi connectivity index (χ3n) is 3.80. The van der Waals surface area contributed by atoms with E-state index in [1.165, 1.54) is 16.2 Å². The van der Waals surface area contributed by atoms with E-state index in [2.05, 4.69) is 60.4 Å². The van der Waals surface area contributed by atoms with Crippen LogP contribution in [0.3, 0.4) is 0 Å². The second kappa shape index (κ2) is 6.67. The van der Waals surface area contributed by atoms with Crippen LogP contribution >= 0.6 is 0 Å². The van der Waals surface area contributed by atoms with E-state index in [4.69, 9.17) is 4.99 Å². The summed E-state index contributed by atoms with van der Waals surface area (Å²) in [6.45, 7) is 1.88. The molecule has 0 spiro atoms. The molecule has 2 aromatic carbocycles. The average Bonchev–Trinajstić information content (AvgIpc) is 2.69. The van der Waals surface area contributed by atoms with Crippen LogP contribution in [0, 0.1) is 0 Å². The van der Waals surface area contributed by atoms with Crippen molar-refractivity contribution >= 4 is 21.5 Å². The molecule has 1 heterocycles. The predicted octanol–water partition coefficient (Wildman–Crippen LogP) is 3.24. The smallest absolute Gasteiger partial charge is 0.0746 e. The molecule has 0 aliphatic carbocycles. The van der Waals surface area contributed by atoms with Crippen LogP contribution in [-0.2, 0) is 0 Å². The normalized spacial score (nSPS) is 12.4. The third-order valence-corrected chi connectivity index (χ3v) is 3.80. The number of aromatic nitrogens is 1. The predicted molar refractivity (Wildman–Crippen MR) is 92.9 cm³/mol. The minimum atomic E-state index is 0.830. The number of nitrogens with zero attached hydrogens (tertiary/aromatic N) is 3. The number of fused-ring (bicyclic) bond motifs is 2. The highest BCUT2D eigenvalue weighted by atomic mass is 15.0. The Morgan fingerprint density at radius 2 is 1.73 bits per heavy atom. The van der Waals surface area contributed by atoms with Crippen molar-refractivity contribution in [2.24, 2.45) is 4.99 Å². The first-order chi connectivity index (χ1) is 10.8. The van der Waals surface area contributed by atoms with Crippen LogP contribution in [0.2, 0.25) is 0 Å². The number of rotatable bonds is 4. The summed E-state index contributed by atoms with van der Waals surface area (Å²) in [4.78, 5) is 11.4. The number of hydrogen-bond donors (Lipinski definition) is 0. The molecular formula is C19H21N3. The van der Waals surface area contributed by atoms with Gasteiger partial charge in [-0.15, -0.1) is 0 Å². The van der Waals surface area contributed by atoms with Gasteiger partial charge in [-0.2, -0.15) is 0 Å². The van der Waals surface area contributed by atoms with Crippen LogP contribution in [0.5, 0.6) is 0 Å². The van der Waals surface area contributed by atoms with E-state index in [0.29, 0.717) is 0 Å². The molecule has 22 heavy (non-hydrogen) atoms. The lowest BCUT2D eigenvalue weighted by atomic mass is 10.1. The SMILES string of the molecule is CN(C)CCCN=c1c2ccccc2ccc2ccncc12. The molecule has 0 saturated heterocycles. The van der Waals surface area contributed by atoms with Gasteiger partial charge >= 0.3 is 0 Å². The quantitative estimate of drug-likeness (QED) is 0.690. The Bertz CT molecular complexity index is 792. The summed E-state index contributed by atoms with van der Waals surface area (Å²) in [5.74, 6) is 0. The van der Waals surface area contributed by atoms with Crippen molar-refractivity contribution in [3.63, 3.8) is 0 Å². The van der Waals surface area contributed by atoms with Gasteiger partial charge in [0.2, 0.25) is 0 Å². The van der Waals surface area contributed by atoms with Crippen LogP contribution in [0.25, 0.3) is 21.5 Å². The maximum Gasteiger partial charge on any atom is 0.0746 e. The van der Waals surface area contributed by atoms with Gasteiger partial charge < -0.3 is 4.90 Å². The zero-order chi connectivity index (χ0) is 15.4. The maximum atomic E-state index is 4.91. The maximum absolute atomic E-state index is 4.91. The van der Waals surface area contributed by atoms with Gasteiger partial charge in [0.1, 0.15) is 0 Å².